The molecule has 0 aromatic heterocycles. The first-order valence-electron chi connectivity index (χ1n) is 5.94. The van der Waals surface area contributed by atoms with Crippen LogP contribution in [-0.4, -0.2) is 41.5 Å². The van der Waals surface area contributed by atoms with Gasteiger partial charge >= 0.3 is 24.0 Å². The van der Waals surface area contributed by atoms with Crippen LogP contribution in [0.2, 0.25) is 0 Å². The van der Waals surface area contributed by atoms with Gasteiger partial charge in [0, 0.05) is 5.69 Å². The Hall–Kier alpha value is -2.53. The maximum absolute atomic E-state index is 13.2. The minimum absolute atomic E-state index is 0.534. The van der Waals surface area contributed by atoms with Crippen molar-refractivity contribution >= 4 is 17.6 Å². The van der Waals surface area contributed by atoms with Crippen molar-refractivity contribution in [3.63, 3.8) is 0 Å². The first kappa shape index (κ1) is 19.5. The molecule has 1 rings (SSSR count). The zero-order chi connectivity index (χ0) is 18.9. The second-order valence-corrected chi connectivity index (χ2v) is 4.56. The van der Waals surface area contributed by atoms with Gasteiger partial charge in [-0.25, -0.2) is 4.79 Å². The smallest absolute Gasteiger partial charge is 0.459 e. The molecule has 5 nitrogen and oxygen atoms in total. The Labute approximate surface area is 129 Å². The van der Waals surface area contributed by atoms with Gasteiger partial charge in [0.25, 0.3) is 5.91 Å². The first-order valence-corrected chi connectivity index (χ1v) is 5.94. The molecule has 0 spiro atoms. The Morgan fingerprint density at radius 2 is 1.62 bits per heavy atom. The lowest BCUT2D eigenvalue weighted by atomic mass is 10.1. The van der Waals surface area contributed by atoms with Crippen molar-refractivity contribution in [3.8, 4) is 0 Å². The number of benzene rings is 1. The highest BCUT2D eigenvalue weighted by Crippen LogP contribution is 2.46. The second-order valence-electron chi connectivity index (χ2n) is 4.56. The van der Waals surface area contributed by atoms with Crippen LogP contribution in [0.5, 0.6) is 0 Å². The minimum atomic E-state index is -6.51. The number of nitrogens with two attached hydrogens (primary N) is 1. The number of rotatable bonds is 6. The van der Waals surface area contributed by atoms with E-state index in [1.165, 1.54) is 5.32 Å². The summed E-state index contributed by atoms with van der Waals surface area (Å²) in [5.74, 6) is -14.7. The molecule has 134 valence electrons. The Bertz CT molecular complexity index is 659. The Kier molecular flexibility index (Phi) is 5.02. The van der Waals surface area contributed by atoms with Crippen LogP contribution in [0.25, 0.3) is 0 Å². The molecule has 0 aliphatic carbocycles. The highest BCUT2D eigenvalue weighted by molar-refractivity contribution is 6.00. The summed E-state index contributed by atoms with van der Waals surface area (Å²) >= 11 is 0. The van der Waals surface area contributed by atoms with Crippen molar-refractivity contribution in [1.29, 1.82) is 0 Å². The van der Waals surface area contributed by atoms with Crippen molar-refractivity contribution in [2.75, 3.05) is 11.9 Å². The number of nitrogens with one attached hydrogen (secondary N) is 1. The molecule has 0 bridgehead atoms. The maximum Gasteiger partial charge on any atom is 0.459 e. The minimum Gasteiger partial charge on any atom is -0.478 e. The number of halogens is 7. The number of anilines is 1. The molecule has 4 N–H and O–H groups in total. The van der Waals surface area contributed by atoms with Gasteiger partial charge in [0.2, 0.25) is 0 Å². The van der Waals surface area contributed by atoms with Gasteiger partial charge in [-0.3, -0.25) is 4.79 Å². The summed E-state index contributed by atoms with van der Waals surface area (Å²) in [5.41, 5.74) is 3.07. The van der Waals surface area contributed by atoms with Crippen LogP contribution in [-0.2, 0) is 0 Å². The molecule has 0 aliphatic rings. The lowest BCUT2D eigenvalue weighted by molar-refractivity contribution is -0.350. The molecule has 1 aromatic carbocycles. The molecular weight excluding hydrogens is 353 g/mol. The van der Waals surface area contributed by atoms with Gasteiger partial charge in [-0.05, 0) is 18.2 Å². The van der Waals surface area contributed by atoms with E-state index in [-0.39, 0.29) is 0 Å². The number of primary amides is 1. The summed E-state index contributed by atoms with van der Waals surface area (Å²) in [7, 11) is 0. The summed E-state index contributed by atoms with van der Waals surface area (Å²) in [5, 5.41) is 10.3. The molecule has 24 heavy (non-hydrogen) atoms. The molecular formula is C12H9F7N2O3. The average molecular weight is 362 g/mol. The van der Waals surface area contributed by atoms with Crippen LogP contribution in [0.4, 0.5) is 36.4 Å². The fourth-order valence-electron chi connectivity index (χ4n) is 1.56. The fraction of sp³-hybridized carbons (Fsp3) is 0.333. The van der Waals surface area contributed by atoms with Gasteiger partial charge in [0.15, 0.2) is 0 Å². The number of amides is 1. The lowest BCUT2D eigenvalue weighted by Gasteiger charge is -2.28. The molecule has 0 saturated carbocycles. The number of carbonyl (C=O) groups excluding carboxylic acids is 1. The number of hydrogen-bond acceptors (Lipinski definition) is 3. The molecule has 0 saturated heterocycles. The van der Waals surface area contributed by atoms with E-state index in [4.69, 9.17) is 10.8 Å². The standard InChI is InChI=1S/C12H9F7N2O3/c13-10(14,11(15,16)12(17,18)19)4-21-7-3-5(9(23)24)1-2-6(7)8(20)22/h1-3,21H,4H2,(H2,20,22)(H,23,24). The molecule has 0 radical (unpaired) electrons. The fourth-order valence-corrected chi connectivity index (χ4v) is 1.56. The Morgan fingerprint density at radius 1 is 1.08 bits per heavy atom. The van der Waals surface area contributed by atoms with E-state index in [2.05, 4.69) is 0 Å². The van der Waals surface area contributed by atoms with E-state index in [9.17, 15) is 40.3 Å². The van der Waals surface area contributed by atoms with Gasteiger partial charge in [-0.1, -0.05) is 0 Å². The molecule has 0 atom stereocenters. The molecule has 0 heterocycles. The third-order valence-corrected chi connectivity index (χ3v) is 2.85. The van der Waals surface area contributed by atoms with E-state index < -0.39 is 53.3 Å². The summed E-state index contributed by atoms with van der Waals surface area (Å²) in [6, 6.07) is 2.27. The van der Waals surface area contributed by atoms with Crippen LogP contribution >= 0.6 is 0 Å². The molecule has 0 fully saturated rings. The van der Waals surface area contributed by atoms with Gasteiger partial charge in [-0.2, -0.15) is 30.7 Å². The summed E-state index contributed by atoms with van der Waals surface area (Å²) in [6.45, 7) is -2.22. The number of carboxylic acid groups (broad SMARTS) is 1. The predicted molar refractivity (Wildman–Crippen MR) is 66.4 cm³/mol. The number of carbonyl (C=O) groups is 2. The molecule has 0 aliphatic heterocycles. The third-order valence-electron chi connectivity index (χ3n) is 2.85. The summed E-state index contributed by atoms with van der Waals surface area (Å²) in [4.78, 5) is 21.9. The topological polar surface area (TPSA) is 92.4 Å². The first-order chi connectivity index (χ1) is 10.7. The van der Waals surface area contributed by atoms with Gasteiger partial charge in [-0.15, -0.1) is 0 Å². The molecule has 12 heteroatoms. The number of hydrogen-bond donors (Lipinski definition) is 3. The van der Waals surface area contributed by atoms with E-state index in [1.807, 2.05) is 0 Å². The third kappa shape index (κ3) is 3.68. The van der Waals surface area contributed by atoms with E-state index >= 15 is 0 Å². The van der Waals surface area contributed by atoms with Crippen molar-refractivity contribution in [3.05, 3.63) is 29.3 Å². The normalized spacial score (nSPS) is 12.8. The van der Waals surface area contributed by atoms with Crippen molar-refractivity contribution in [2.45, 2.75) is 18.0 Å². The number of aromatic carboxylic acids is 1. The largest absolute Gasteiger partial charge is 0.478 e. The van der Waals surface area contributed by atoms with Crippen molar-refractivity contribution < 1.29 is 45.4 Å². The van der Waals surface area contributed by atoms with Crippen LogP contribution in [0, 0.1) is 0 Å². The molecule has 1 amide bonds. The highest BCUT2D eigenvalue weighted by atomic mass is 19.4. The van der Waals surface area contributed by atoms with Crippen LogP contribution in [0.3, 0.4) is 0 Å². The summed E-state index contributed by atoms with van der Waals surface area (Å²) in [6.07, 6.45) is -6.51. The van der Waals surface area contributed by atoms with Crippen LogP contribution in [0.15, 0.2) is 18.2 Å². The lowest BCUT2D eigenvalue weighted by Crippen LogP contribution is -2.55. The van der Waals surface area contributed by atoms with E-state index in [0.717, 1.165) is 12.1 Å². The SMILES string of the molecule is NC(=O)c1ccc(C(=O)O)cc1NCC(F)(F)C(F)(F)C(F)(F)F. The van der Waals surface area contributed by atoms with Crippen LogP contribution < -0.4 is 11.1 Å². The summed E-state index contributed by atoms with van der Waals surface area (Å²) < 4.78 is 88.0. The number of carboxylic acids is 1. The average Bonchev–Trinajstić information content (AvgIpc) is 2.43. The van der Waals surface area contributed by atoms with Gasteiger partial charge < -0.3 is 16.2 Å². The monoisotopic (exact) mass is 362 g/mol. The highest BCUT2D eigenvalue weighted by Gasteiger charge is 2.72. The van der Waals surface area contributed by atoms with Gasteiger partial charge in [0.05, 0.1) is 17.7 Å². The van der Waals surface area contributed by atoms with Crippen LogP contribution in [0.1, 0.15) is 20.7 Å². The van der Waals surface area contributed by atoms with Gasteiger partial charge in [0.1, 0.15) is 0 Å². The predicted octanol–water partition coefficient (Wildman–Crippen LogP) is 2.73. The van der Waals surface area contributed by atoms with Crippen molar-refractivity contribution in [1.82, 2.24) is 0 Å². The second kappa shape index (κ2) is 6.17. The zero-order valence-corrected chi connectivity index (χ0v) is 11.4. The number of alkyl halides is 7. The van der Waals surface area contributed by atoms with E-state index in [0.29, 0.717) is 6.07 Å². The zero-order valence-electron chi connectivity index (χ0n) is 11.4. The molecule has 0 unspecified atom stereocenters. The van der Waals surface area contributed by atoms with E-state index in [1.54, 1.807) is 0 Å². The maximum atomic E-state index is 13.2. The Morgan fingerprint density at radius 3 is 2.04 bits per heavy atom. The molecule has 1 aromatic rings. The Balaban J connectivity index is 3.15. The van der Waals surface area contributed by atoms with Crippen molar-refractivity contribution in [2.24, 2.45) is 5.73 Å². The quantitative estimate of drug-likeness (QED) is 0.679.